The Labute approximate surface area is 215 Å². The number of carbonyl (C=O) groups is 3. The standard InChI is InChI=1S/C23H22N4O8S2/c1-14(2)20(26-21(29)15-6-4-3-5-7-15)22(30)35-13-18(28)25-23-24-12-19(36-23)37(33,34)17-10-8-16(9-11-17)27(31)32/h3-12,14,20H,13H2,1-2H3,(H,26,29)(H,24,25,28)/t20-/m0/s1. The lowest BCUT2D eigenvalue weighted by atomic mass is 10.0. The molecule has 0 aliphatic rings. The van der Waals surface area contributed by atoms with Gasteiger partial charge in [0.05, 0.1) is 16.0 Å². The van der Waals surface area contributed by atoms with Gasteiger partial charge in [0.15, 0.2) is 11.7 Å². The Morgan fingerprint density at radius 1 is 1.08 bits per heavy atom. The van der Waals surface area contributed by atoms with E-state index >= 15 is 0 Å². The molecule has 1 atom stereocenters. The average Bonchev–Trinajstić information content (AvgIpc) is 3.35. The van der Waals surface area contributed by atoms with E-state index in [9.17, 15) is 32.9 Å². The Balaban J connectivity index is 1.58. The molecule has 0 aliphatic carbocycles. The normalized spacial score (nSPS) is 12.0. The number of nitro groups is 1. The van der Waals surface area contributed by atoms with Crippen LogP contribution in [-0.2, 0) is 24.2 Å². The summed E-state index contributed by atoms with van der Waals surface area (Å²) in [6.45, 7) is 2.73. The minimum absolute atomic E-state index is 0.0562. The number of nitro benzene ring substituents is 1. The van der Waals surface area contributed by atoms with Gasteiger partial charge < -0.3 is 10.1 Å². The summed E-state index contributed by atoms with van der Waals surface area (Å²) in [5, 5.41) is 15.7. The van der Waals surface area contributed by atoms with Crippen molar-refractivity contribution in [1.29, 1.82) is 0 Å². The zero-order chi connectivity index (χ0) is 27.2. The van der Waals surface area contributed by atoms with Crippen molar-refractivity contribution < 1.29 is 32.5 Å². The number of rotatable bonds is 10. The van der Waals surface area contributed by atoms with E-state index in [1.54, 1.807) is 44.2 Å². The number of amides is 2. The molecule has 12 nitrogen and oxygen atoms in total. The molecule has 3 rings (SSSR count). The third-order valence-corrected chi connectivity index (χ3v) is 8.09. The highest BCUT2D eigenvalue weighted by Gasteiger charge is 2.27. The van der Waals surface area contributed by atoms with Crippen molar-refractivity contribution in [3.8, 4) is 0 Å². The Morgan fingerprint density at radius 2 is 1.73 bits per heavy atom. The summed E-state index contributed by atoms with van der Waals surface area (Å²) in [5.74, 6) is -2.37. The molecule has 1 heterocycles. The number of aromatic nitrogens is 1. The van der Waals surface area contributed by atoms with Gasteiger partial charge in [0.25, 0.3) is 17.5 Å². The molecule has 2 N–H and O–H groups in total. The van der Waals surface area contributed by atoms with Crippen molar-refractivity contribution in [2.75, 3.05) is 11.9 Å². The predicted molar refractivity (Wildman–Crippen MR) is 133 cm³/mol. The van der Waals surface area contributed by atoms with Crippen molar-refractivity contribution in [3.05, 3.63) is 76.5 Å². The first-order valence-electron chi connectivity index (χ1n) is 10.8. The van der Waals surface area contributed by atoms with Gasteiger partial charge in [-0.1, -0.05) is 43.4 Å². The maximum atomic E-state index is 12.7. The van der Waals surface area contributed by atoms with Crippen molar-refractivity contribution in [3.63, 3.8) is 0 Å². The molecule has 194 valence electrons. The van der Waals surface area contributed by atoms with E-state index in [0.717, 1.165) is 30.5 Å². The quantitative estimate of drug-likeness (QED) is 0.220. The molecule has 0 unspecified atom stereocenters. The minimum atomic E-state index is -4.02. The smallest absolute Gasteiger partial charge is 0.329 e. The maximum absolute atomic E-state index is 12.7. The SMILES string of the molecule is CC(C)[C@H](NC(=O)c1ccccc1)C(=O)OCC(=O)Nc1ncc(S(=O)(=O)c2ccc([N+](=O)[O-])cc2)s1. The number of esters is 1. The third kappa shape index (κ3) is 6.95. The van der Waals surface area contributed by atoms with Crippen LogP contribution in [0.4, 0.5) is 10.8 Å². The second-order valence-electron chi connectivity index (χ2n) is 7.96. The number of carbonyl (C=O) groups excluding carboxylic acids is 3. The molecule has 0 saturated carbocycles. The molecular formula is C23H22N4O8S2. The summed E-state index contributed by atoms with van der Waals surface area (Å²) < 4.78 is 30.3. The molecule has 14 heteroatoms. The van der Waals surface area contributed by atoms with E-state index in [1.807, 2.05) is 0 Å². The second kappa shape index (κ2) is 11.7. The van der Waals surface area contributed by atoms with Gasteiger partial charge in [0.2, 0.25) is 9.84 Å². The fourth-order valence-corrected chi connectivity index (χ4v) is 5.45. The van der Waals surface area contributed by atoms with E-state index in [1.165, 1.54) is 0 Å². The van der Waals surface area contributed by atoms with Crippen molar-refractivity contribution in [1.82, 2.24) is 10.3 Å². The van der Waals surface area contributed by atoms with Gasteiger partial charge in [0.1, 0.15) is 10.3 Å². The van der Waals surface area contributed by atoms with Crippen LogP contribution in [0.25, 0.3) is 0 Å². The number of anilines is 1. The highest BCUT2D eigenvalue weighted by molar-refractivity contribution is 7.93. The monoisotopic (exact) mass is 546 g/mol. The van der Waals surface area contributed by atoms with Gasteiger partial charge in [-0.25, -0.2) is 18.2 Å². The van der Waals surface area contributed by atoms with Gasteiger partial charge in [-0.3, -0.25) is 25.0 Å². The first-order chi connectivity index (χ1) is 17.5. The van der Waals surface area contributed by atoms with Crippen LogP contribution in [0.3, 0.4) is 0 Å². The molecule has 0 aliphatic heterocycles. The zero-order valence-electron chi connectivity index (χ0n) is 19.6. The molecule has 3 aromatic rings. The molecular weight excluding hydrogens is 524 g/mol. The summed E-state index contributed by atoms with van der Waals surface area (Å²) >= 11 is 0.663. The van der Waals surface area contributed by atoms with Gasteiger partial charge in [-0.05, 0) is 30.2 Å². The number of ether oxygens (including phenoxy) is 1. The molecule has 0 fully saturated rings. The largest absolute Gasteiger partial charge is 0.454 e. The third-order valence-electron chi connectivity index (χ3n) is 4.94. The van der Waals surface area contributed by atoms with Crippen molar-refractivity contribution in [2.45, 2.75) is 29.0 Å². The molecule has 37 heavy (non-hydrogen) atoms. The van der Waals surface area contributed by atoms with Gasteiger partial charge >= 0.3 is 5.97 Å². The van der Waals surface area contributed by atoms with Crippen molar-refractivity contribution >= 4 is 49.8 Å². The molecule has 0 radical (unpaired) electrons. The van der Waals surface area contributed by atoms with Crippen LogP contribution in [0.2, 0.25) is 0 Å². The number of benzene rings is 2. The highest BCUT2D eigenvalue weighted by Crippen LogP contribution is 2.29. The van der Waals surface area contributed by atoms with Crippen LogP contribution < -0.4 is 10.6 Å². The molecule has 2 aromatic carbocycles. The van der Waals surface area contributed by atoms with E-state index < -0.39 is 45.2 Å². The summed E-state index contributed by atoms with van der Waals surface area (Å²) in [5.41, 5.74) is 0.104. The van der Waals surface area contributed by atoms with Crippen LogP contribution in [0.1, 0.15) is 24.2 Å². The summed E-state index contributed by atoms with van der Waals surface area (Å²) in [4.78, 5) is 51.0. The van der Waals surface area contributed by atoms with Crippen LogP contribution in [-0.4, -0.2) is 48.8 Å². The number of nitrogens with one attached hydrogen (secondary N) is 2. The van der Waals surface area contributed by atoms with Crippen molar-refractivity contribution in [2.24, 2.45) is 5.92 Å². The van der Waals surface area contributed by atoms with E-state index in [0.29, 0.717) is 16.9 Å². The van der Waals surface area contributed by atoms with Crippen LogP contribution in [0.15, 0.2) is 69.9 Å². The first kappa shape index (κ1) is 27.4. The van der Waals surface area contributed by atoms with Crippen LogP contribution in [0, 0.1) is 16.0 Å². The Morgan fingerprint density at radius 3 is 2.32 bits per heavy atom. The lowest BCUT2D eigenvalue weighted by Gasteiger charge is -2.20. The number of hydrogen-bond acceptors (Lipinski definition) is 10. The minimum Gasteiger partial charge on any atom is -0.454 e. The average molecular weight is 547 g/mol. The molecule has 0 bridgehead atoms. The number of sulfone groups is 1. The summed E-state index contributed by atoms with van der Waals surface area (Å²) in [6, 6.07) is 11.6. The second-order valence-corrected chi connectivity index (χ2v) is 11.2. The van der Waals surface area contributed by atoms with Gasteiger partial charge in [-0.15, -0.1) is 0 Å². The van der Waals surface area contributed by atoms with Crippen LogP contribution in [0.5, 0.6) is 0 Å². The lowest BCUT2D eigenvalue weighted by Crippen LogP contribution is -2.45. The zero-order valence-corrected chi connectivity index (χ0v) is 21.2. The number of non-ortho nitro benzene ring substituents is 1. The Hall–Kier alpha value is -4.17. The molecule has 1 aromatic heterocycles. The van der Waals surface area contributed by atoms with E-state index in [4.69, 9.17) is 4.74 Å². The topological polar surface area (TPSA) is 175 Å². The Bertz CT molecular complexity index is 1400. The molecule has 0 saturated heterocycles. The summed E-state index contributed by atoms with van der Waals surface area (Å²) in [7, 11) is -4.02. The Kier molecular flexibility index (Phi) is 8.68. The fraction of sp³-hybridized carbons (Fsp3) is 0.217. The number of nitrogens with zero attached hydrogens (tertiary/aromatic N) is 2. The van der Waals surface area contributed by atoms with E-state index in [-0.39, 0.29) is 25.8 Å². The predicted octanol–water partition coefficient (Wildman–Crippen LogP) is 2.82. The summed E-state index contributed by atoms with van der Waals surface area (Å²) in [6.07, 6.45) is 1.04. The highest BCUT2D eigenvalue weighted by atomic mass is 32.2. The van der Waals surface area contributed by atoms with Gasteiger partial charge in [0, 0.05) is 17.7 Å². The molecule has 0 spiro atoms. The lowest BCUT2D eigenvalue weighted by molar-refractivity contribution is -0.384. The van der Waals surface area contributed by atoms with E-state index in [2.05, 4.69) is 15.6 Å². The fourth-order valence-electron chi connectivity index (χ4n) is 3.00. The number of thiazole rings is 1. The van der Waals surface area contributed by atoms with Gasteiger partial charge in [-0.2, -0.15) is 0 Å². The maximum Gasteiger partial charge on any atom is 0.329 e. The number of hydrogen-bond donors (Lipinski definition) is 2. The van der Waals surface area contributed by atoms with Crippen LogP contribution >= 0.6 is 11.3 Å². The molecule has 2 amide bonds. The first-order valence-corrected chi connectivity index (χ1v) is 13.1.